The number of nitrogens with zero attached hydrogens (tertiary/aromatic N) is 2. The molecule has 6 nitrogen and oxygen atoms in total. The van der Waals surface area contributed by atoms with E-state index in [-0.39, 0.29) is 11.6 Å². The second kappa shape index (κ2) is 8.53. The first-order valence-corrected chi connectivity index (χ1v) is 7.31. The maximum Gasteiger partial charge on any atom is 0.271 e. The van der Waals surface area contributed by atoms with Crippen LogP contribution in [-0.4, -0.2) is 36.1 Å². The molecule has 0 aliphatic carbocycles. The Labute approximate surface area is 135 Å². The van der Waals surface area contributed by atoms with Crippen molar-refractivity contribution < 1.29 is 9.53 Å². The van der Waals surface area contributed by atoms with Crippen LogP contribution in [0.15, 0.2) is 49.3 Å². The summed E-state index contributed by atoms with van der Waals surface area (Å²) in [5, 5.41) is 5.83. The SMILES string of the molecule is C=CCNC(=O)c1cnc(NCCc2ccc(OC)cc2)cn1. The van der Waals surface area contributed by atoms with Gasteiger partial charge in [0.15, 0.2) is 0 Å². The summed E-state index contributed by atoms with van der Waals surface area (Å²) in [6, 6.07) is 7.93. The Morgan fingerprint density at radius 1 is 1.26 bits per heavy atom. The van der Waals surface area contributed by atoms with Gasteiger partial charge in [-0.1, -0.05) is 18.2 Å². The van der Waals surface area contributed by atoms with E-state index in [1.807, 2.05) is 24.3 Å². The van der Waals surface area contributed by atoms with Crippen molar-refractivity contribution in [3.63, 3.8) is 0 Å². The second-order valence-electron chi connectivity index (χ2n) is 4.81. The molecule has 0 saturated carbocycles. The molecule has 0 fully saturated rings. The van der Waals surface area contributed by atoms with Crippen LogP contribution in [0.3, 0.4) is 0 Å². The number of methoxy groups -OCH3 is 1. The summed E-state index contributed by atoms with van der Waals surface area (Å²) in [6.07, 6.45) is 5.47. The molecule has 0 bridgehead atoms. The van der Waals surface area contributed by atoms with Crippen LogP contribution in [-0.2, 0) is 6.42 Å². The zero-order valence-electron chi connectivity index (χ0n) is 13.1. The van der Waals surface area contributed by atoms with E-state index in [9.17, 15) is 4.79 Å². The molecule has 1 amide bonds. The lowest BCUT2D eigenvalue weighted by molar-refractivity contribution is 0.0952. The van der Waals surface area contributed by atoms with Crippen molar-refractivity contribution in [1.82, 2.24) is 15.3 Å². The zero-order valence-corrected chi connectivity index (χ0v) is 13.1. The van der Waals surface area contributed by atoms with Gasteiger partial charge in [0.05, 0.1) is 19.5 Å². The van der Waals surface area contributed by atoms with Gasteiger partial charge < -0.3 is 15.4 Å². The smallest absolute Gasteiger partial charge is 0.271 e. The van der Waals surface area contributed by atoms with E-state index in [1.54, 1.807) is 19.4 Å². The number of nitrogens with one attached hydrogen (secondary N) is 2. The first-order chi connectivity index (χ1) is 11.2. The van der Waals surface area contributed by atoms with Gasteiger partial charge in [-0.05, 0) is 24.1 Å². The van der Waals surface area contributed by atoms with Crippen molar-refractivity contribution in [3.05, 3.63) is 60.6 Å². The third-order valence-electron chi connectivity index (χ3n) is 3.17. The Kier molecular flexibility index (Phi) is 6.11. The van der Waals surface area contributed by atoms with Crippen LogP contribution in [0.1, 0.15) is 16.1 Å². The van der Waals surface area contributed by atoms with Crippen LogP contribution in [0.2, 0.25) is 0 Å². The molecular formula is C17H20N4O2. The number of ether oxygens (including phenoxy) is 1. The Morgan fingerprint density at radius 2 is 2.04 bits per heavy atom. The van der Waals surface area contributed by atoms with Crippen LogP contribution in [0.25, 0.3) is 0 Å². The van der Waals surface area contributed by atoms with Gasteiger partial charge in [0.25, 0.3) is 5.91 Å². The van der Waals surface area contributed by atoms with E-state index in [0.29, 0.717) is 12.4 Å². The van der Waals surface area contributed by atoms with E-state index in [0.717, 1.165) is 18.7 Å². The number of aromatic nitrogens is 2. The average Bonchev–Trinajstić information content (AvgIpc) is 2.61. The number of hydrogen-bond acceptors (Lipinski definition) is 5. The number of carbonyl (C=O) groups is 1. The van der Waals surface area contributed by atoms with Gasteiger partial charge in [-0.15, -0.1) is 6.58 Å². The van der Waals surface area contributed by atoms with Crippen LogP contribution < -0.4 is 15.4 Å². The molecule has 1 heterocycles. The largest absolute Gasteiger partial charge is 0.497 e. The lowest BCUT2D eigenvalue weighted by Gasteiger charge is -2.07. The minimum absolute atomic E-state index is 0.262. The average molecular weight is 312 g/mol. The Morgan fingerprint density at radius 3 is 2.65 bits per heavy atom. The molecule has 1 aromatic carbocycles. The molecule has 120 valence electrons. The van der Waals surface area contributed by atoms with Gasteiger partial charge >= 0.3 is 0 Å². The number of amides is 1. The molecule has 0 saturated heterocycles. The van der Waals surface area contributed by atoms with Crippen LogP contribution >= 0.6 is 0 Å². The van der Waals surface area contributed by atoms with Gasteiger partial charge in [-0.3, -0.25) is 4.79 Å². The number of carbonyl (C=O) groups excluding carboxylic acids is 1. The molecule has 2 N–H and O–H groups in total. The van der Waals surface area contributed by atoms with Crippen molar-refractivity contribution in [1.29, 1.82) is 0 Å². The fraction of sp³-hybridized carbons (Fsp3) is 0.235. The lowest BCUT2D eigenvalue weighted by Crippen LogP contribution is -2.24. The number of benzene rings is 1. The predicted octanol–water partition coefficient (Wildman–Crippen LogP) is 2.06. The summed E-state index contributed by atoms with van der Waals surface area (Å²) < 4.78 is 5.13. The van der Waals surface area contributed by atoms with Crippen molar-refractivity contribution in [3.8, 4) is 5.75 Å². The monoisotopic (exact) mass is 312 g/mol. The standard InChI is InChI=1S/C17H20N4O2/c1-3-9-19-17(22)15-11-21-16(12-20-15)18-10-8-13-4-6-14(23-2)7-5-13/h3-7,11-12H,1,8-10H2,2H3,(H,18,21)(H,19,22). The van der Waals surface area contributed by atoms with E-state index >= 15 is 0 Å². The van der Waals surface area contributed by atoms with Gasteiger partial charge in [0, 0.05) is 13.1 Å². The summed E-state index contributed by atoms with van der Waals surface area (Å²) in [4.78, 5) is 20.0. The number of rotatable bonds is 8. The lowest BCUT2D eigenvalue weighted by atomic mass is 10.1. The molecular weight excluding hydrogens is 292 g/mol. The maximum absolute atomic E-state index is 11.7. The fourth-order valence-electron chi connectivity index (χ4n) is 1.92. The third kappa shape index (κ3) is 5.10. The van der Waals surface area contributed by atoms with Gasteiger partial charge in [0.1, 0.15) is 17.3 Å². The molecule has 1 aromatic heterocycles. The highest BCUT2D eigenvalue weighted by Crippen LogP contribution is 2.11. The molecule has 2 aromatic rings. The zero-order chi connectivity index (χ0) is 16.5. The highest BCUT2D eigenvalue weighted by atomic mass is 16.5. The molecule has 0 aliphatic rings. The van der Waals surface area contributed by atoms with Crippen LogP contribution in [0.4, 0.5) is 5.82 Å². The van der Waals surface area contributed by atoms with Crippen LogP contribution in [0, 0.1) is 0 Å². The predicted molar refractivity (Wildman–Crippen MR) is 89.7 cm³/mol. The Hall–Kier alpha value is -2.89. The number of anilines is 1. The highest BCUT2D eigenvalue weighted by molar-refractivity contribution is 5.92. The van der Waals surface area contributed by atoms with Gasteiger partial charge in [0.2, 0.25) is 0 Å². The molecule has 0 radical (unpaired) electrons. The topological polar surface area (TPSA) is 76.1 Å². The van der Waals surface area contributed by atoms with Crippen molar-refractivity contribution in [2.24, 2.45) is 0 Å². The molecule has 0 unspecified atom stereocenters. The molecule has 23 heavy (non-hydrogen) atoms. The van der Waals surface area contributed by atoms with Crippen molar-refractivity contribution in [2.75, 3.05) is 25.5 Å². The minimum atomic E-state index is -0.262. The second-order valence-corrected chi connectivity index (χ2v) is 4.81. The summed E-state index contributed by atoms with van der Waals surface area (Å²) in [6.45, 7) is 4.67. The fourth-order valence-corrected chi connectivity index (χ4v) is 1.92. The molecule has 0 spiro atoms. The Bertz CT molecular complexity index is 639. The third-order valence-corrected chi connectivity index (χ3v) is 3.17. The minimum Gasteiger partial charge on any atom is -0.497 e. The molecule has 0 atom stereocenters. The summed E-state index contributed by atoms with van der Waals surface area (Å²) in [5.41, 5.74) is 1.49. The van der Waals surface area contributed by atoms with E-state index in [4.69, 9.17) is 4.74 Å². The first-order valence-electron chi connectivity index (χ1n) is 7.31. The summed E-state index contributed by atoms with van der Waals surface area (Å²) in [7, 11) is 1.65. The quantitative estimate of drug-likeness (QED) is 0.730. The van der Waals surface area contributed by atoms with E-state index < -0.39 is 0 Å². The molecule has 6 heteroatoms. The molecule has 0 aliphatic heterocycles. The van der Waals surface area contributed by atoms with E-state index in [1.165, 1.54) is 11.8 Å². The van der Waals surface area contributed by atoms with Crippen LogP contribution in [0.5, 0.6) is 5.75 Å². The summed E-state index contributed by atoms with van der Waals surface area (Å²) in [5.74, 6) is 1.22. The normalized spacial score (nSPS) is 9.96. The van der Waals surface area contributed by atoms with E-state index in [2.05, 4.69) is 27.2 Å². The van der Waals surface area contributed by atoms with Crippen molar-refractivity contribution in [2.45, 2.75) is 6.42 Å². The Balaban J connectivity index is 1.81. The highest BCUT2D eigenvalue weighted by Gasteiger charge is 2.06. The first kappa shape index (κ1) is 16.5. The van der Waals surface area contributed by atoms with Crippen molar-refractivity contribution >= 4 is 11.7 Å². The number of hydrogen-bond donors (Lipinski definition) is 2. The maximum atomic E-state index is 11.7. The molecule has 2 rings (SSSR count). The van der Waals surface area contributed by atoms with Gasteiger partial charge in [-0.25, -0.2) is 9.97 Å². The summed E-state index contributed by atoms with van der Waals surface area (Å²) >= 11 is 0. The van der Waals surface area contributed by atoms with Gasteiger partial charge in [-0.2, -0.15) is 0 Å².